The van der Waals surface area contributed by atoms with Gasteiger partial charge in [0, 0.05) is 24.2 Å². The van der Waals surface area contributed by atoms with Crippen molar-refractivity contribution in [3.05, 3.63) is 29.7 Å². The number of nitrogen functional groups attached to an aromatic ring is 1. The summed E-state index contributed by atoms with van der Waals surface area (Å²) in [5.41, 5.74) is 10.8. The van der Waals surface area contributed by atoms with E-state index in [1.807, 2.05) is 4.90 Å². The maximum Gasteiger partial charge on any atom is 0.434 e. The molecule has 3 heterocycles. The van der Waals surface area contributed by atoms with Crippen molar-refractivity contribution in [2.75, 3.05) is 23.7 Å². The van der Waals surface area contributed by atoms with E-state index >= 15 is 0 Å². The van der Waals surface area contributed by atoms with E-state index in [-0.39, 0.29) is 21.4 Å². The van der Waals surface area contributed by atoms with Crippen molar-refractivity contribution in [2.45, 2.75) is 48.7 Å². The van der Waals surface area contributed by atoms with Crippen molar-refractivity contribution < 1.29 is 18.0 Å². The number of piperidine rings is 1. The molecule has 0 radical (unpaired) electrons. The molecule has 1 saturated carbocycles. The smallest absolute Gasteiger partial charge is 0.381 e. The van der Waals surface area contributed by atoms with Gasteiger partial charge in [0.1, 0.15) is 5.03 Å². The van der Waals surface area contributed by atoms with Gasteiger partial charge in [-0.1, -0.05) is 18.7 Å². The first-order chi connectivity index (χ1) is 14.6. The highest BCUT2D eigenvalue weighted by atomic mass is 32.2. The molecule has 2 fully saturated rings. The van der Waals surface area contributed by atoms with Crippen LogP contribution in [0.25, 0.3) is 0 Å². The molecule has 1 atom stereocenters. The van der Waals surface area contributed by atoms with Crippen LogP contribution in [0.2, 0.25) is 0 Å². The first kappa shape index (κ1) is 21.7. The van der Waals surface area contributed by atoms with Crippen LogP contribution in [-0.2, 0) is 6.18 Å². The predicted octanol–water partition coefficient (Wildman–Crippen LogP) is 3.74. The zero-order chi connectivity index (χ0) is 22.4. The van der Waals surface area contributed by atoms with Crippen LogP contribution in [0.3, 0.4) is 0 Å². The van der Waals surface area contributed by atoms with E-state index in [4.69, 9.17) is 11.5 Å². The summed E-state index contributed by atoms with van der Waals surface area (Å²) in [4.78, 5) is 25.8. The molecule has 1 amide bonds. The standard InChI is InChI=1S/C20H23F3N6OS/c1-11-4-5-19(11)6-9-29(10-7-19)17-13(16(25)30)27-18(15(24)28-17)31-12-3-2-8-26-14(12)20(21,22)23/h2-3,8,11H,4-7,9-10H2,1H3,(H2,24,28)(H2,25,30)/t11-/m0/s1. The summed E-state index contributed by atoms with van der Waals surface area (Å²) in [6.07, 6.45) is 0.830. The summed E-state index contributed by atoms with van der Waals surface area (Å²) < 4.78 is 39.8. The predicted molar refractivity (Wildman–Crippen MR) is 111 cm³/mol. The number of hydrogen-bond acceptors (Lipinski definition) is 7. The molecule has 0 aromatic carbocycles. The number of amides is 1. The zero-order valence-corrected chi connectivity index (χ0v) is 17.8. The van der Waals surface area contributed by atoms with Crippen LogP contribution in [0.15, 0.2) is 28.3 Å². The summed E-state index contributed by atoms with van der Waals surface area (Å²) in [6.45, 7) is 3.67. The molecule has 7 nitrogen and oxygen atoms in total. The number of hydrogen-bond donors (Lipinski definition) is 2. The third-order valence-electron chi connectivity index (χ3n) is 6.53. The molecule has 2 aromatic rings. The molecule has 11 heteroatoms. The number of nitrogens with two attached hydrogens (primary N) is 2. The maximum atomic E-state index is 13.3. The van der Waals surface area contributed by atoms with Gasteiger partial charge in [0.15, 0.2) is 23.0 Å². The van der Waals surface area contributed by atoms with Crippen molar-refractivity contribution in [3.8, 4) is 0 Å². The Morgan fingerprint density at radius 1 is 1.26 bits per heavy atom. The quantitative estimate of drug-likeness (QED) is 0.727. The lowest BCUT2D eigenvalue weighted by molar-refractivity contribution is -0.143. The van der Waals surface area contributed by atoms with Crippen molar-refractivity contribution in [3.63, 3.8) is 0 Å². The average Bonchev–Trinajstić information content (AvgIpc) is 2.73. The largest absolute Gasteiger partial charge is 0.434 e. The second-order valence-electron chi connectivity index (χ2n) is 8.19. The molecule has 2 aromatic heterocycles. The minimum Gasteiger partial charge on any atom is -0.381 e. The van der Waals surface area contributed by atoms with Gasteiger partial charge in [-0.25, -0.2) is 9.97 Å². The van der Waals surface area contributed by atoms with Crippen LogP contribution < -0.4 is 16.4 Å². The Morgan fingerprint density at radius 3 is 2.52 bits per heavy atom. The Hall–Kier alpha value is -2.56. The number of primary amides is 1. The number of aromatic nitrogens is 3. The van der Waals surface area contributed by atoms with Gasteiger partial charge in [-0.2, -0.15) is 13.2 Å². The van der Waals surface area contributed by atoms with Gasteiger partial charge in [0.05, 0.1) is 0 Å². The zero-order valence-electron chi connectivity index (χ0n) is 16.9. The molecule has 0 unspecified atom stereocenters. The number of halogens is 3. The van der Waals surface area contributed by atoms with Crippen LogP contribution in [0.5, 0.6) is 0 Å². The summed E-state index contributed by atoms with van der Waals surface area (Å²) in [7, 11) is 0. The maximum absolute atomic E-state index is 13.3. The second-order valence-corrected chi connectivity index (χ2v) is 9.22. The van der Waals surface area contributed by atoms with Gasteiger partial charge < -0.3 is 16.4 Å². The van der Waals surface area contributed by atoms with E-state index in [0.717, 1.165) is 19.0 Å². The molecule has 4 N–H and O–H groups in total. The number of rotatable bonds is 4. The first-order valence-corrected chi connectivity index (χ1v) is 10.8. The minimum atomic E-state index is -4.64. The average molecular weight is 453 g/mol. The molecule has 0 bridgehead atoms. The number of nitrogens with zero attached hydrogens (tertiary/aromatic N) is 4. The lowest BCUT2D eigenvalue weighted by atomic mass is 9.56. The van der Waals surface area contributed by atoms with E-state index < -0.39 is 17.8 Å². The summed E-state index contributed by atoms with van der Waals surface area (Å²) in [6, 6.07) is 2.65. The molecule has 1 aliphatic heterocycles. The molecule has 31 heavy (non-hydrogen) atoms. The lowest BCUT2D eigenvalue weighted by Crippen LogP contribution is -2.49. The van der Waals surface area contributed by atoms with Gasteiger partial charge in [0.2, 0.25) is 0 Å². The third-order valence-corrected chi connectivity index (χ3v) is 7.57. The highest BCUT2D eigenvalue weighted by molar-refractivity contribution is 7.99. The van der Waals surface area contributed by atoms with Crippen LogP contribution in [0.1, 0.15) is 48.8 Å². The van der Waals surface area contributed by atoms with Crippen molar-refractivity contribution in [1.29, 1.82) is 0 Å². The molecular weight excluding hydrogens is 429 g/mol. The van der Waals surface area contributed by atoms with Crippen LogP contribution >= 0.6 is 11.8 Å². The molecule has 2 aliphatic rings. The number of carbonyl (C=O) groups excluding carboxylic acids is 1. The fourth-order valence-electron chi connectivity index (χ4n) is 4.42. The third kappa shape index (κ3) is 4.02. The number of anilines is 2. The van der Waals surface area contributed by atoms with Crippen molar-refractivity contribution in [2.24, 2.45) is 17.1 Å². The highest BCUT2D eigenvalue weighted by Crippen LogP contribution is 2.53. The van der Waals surface area contributed by atoms with E-state index in [0.29, 0.717) is 42.0 Å². The number of alkyl halides is 3. The van der Waals surface area contributed by atoms with Gasteiger partial charge in [-0.15, -0.1) is 0 Å². The summed E-state index contributed by atoms with van der Waals surface area (Å²) >= 11 is 0.660. The molecule has 1 aliphatic carbocycles. The Balaban J connectivity index is 1.63. The van der Waals surface area contributed by atoms with Crippen LogP contribution in [0, 0.1) is 11.3 Å². The summed E-state index contributed by atoms with van der Waals surface area (Å²) in [5.74, 6) is 0.115. The Morgan fingerprint density at radius 2 is 1.97 bits per heavy atom. The Bertz CT molecular complexity index is 1010. The normalized spacial score (nSPS) is 20.5. The van der Waals surface area contributed by atoms with E-state index in [2.05, 4.69) is 21.9 Å². The fraction of sp³-hybridized carbons (Fsp3) is 0.500. The van der Waals surface area contributed by atoms with E-state index in [1.165, 1.54) is 25.0 Å². The molecule has 1 spiro atoms. The fourth-order valence-corrected chi connectivity index (χ4v) is 5.33. The van der Waals surface area contributed by atoms with Crippen LogP contribution in [0.4, 0.5) is 24.8 Å². The van der Waals surface area contributed by atoms with Gasteiger partial charge in [-0.3, -0.25) is 9.78 Å². The minimum absolute atomic E-state index is 0.0165. The first-order valence-electron chi connectivity index (χ1n) is 10.0. The SMILES string of the molecule is C[C@H]1CCC12CCN(c1nc(N)c(Sc3cccnc3C(F)(F)F)nc1C(N)=O)CC2. The Kier molecular flexibility index (Phi) is 5.48. The Labute approximate surface area is 181 Å². The number of carbonyl (C=O) groups is 1. The van der Waals surface area contributed by atoms with Gasteiger partial charge >= 0.3 is 6.18 Å². The number of pyridine rings is 1. The van der Waals surface area contributed by atoms with Crippen molar-refractivity contribution in [1.82, 2.24) is 15.0 Å². The van der Waals surface area contributed by atoms with Gasteiger partial charge in [-0.05, 0) is 49.1 Å². The van der Waals surface area contributed by atoms with Gasteiger partial charge in [0.25, 0.3) is 5.91 Å². The van der Waals surface area contributed by atoms with E-state index in [9.17, 15) is 18.0 Å². The molecule has 1 saturated heterocycles. The monoisotopic (exact) mass is 452 g/mol. The highest BCUT2D eigenvalue weighted by Gasteiger charge is 2.46. The van der Waals surface area contributed by atoms with Crippen molar-refractivity contribution >= 4 is 29.3 Å². The topological polar surface area (TPSA) is 111 Å². The lowest BCUT2D eigenvalue weighted by Gasteiger charge is -2.53. The van der Waals surface area contributed by atoms with Crippen LogP contribution in [-0.4, -0.2) is 33.9 Å². The molecule has 4 rings (SSSR count). The summed E-state index contributed by atoms with van der Waals surface area (Å²) in [5, 5.41) is -0.0165. The van der Waals surface area contributed by atoms with E-state index in [1.54, 1.807) is 0 Å². The second kappa shape index (κ2) is 7.85. The molecule has 166 valence electrons. The molecular formula is C20H23F3N6OS.